The van der Waals surface area contributed by atoms with Gasteiger partial charge in [0.05, 0.1) is 25.3 Å². The van der Waals surface area contributed by atoms with Gasteiger partial charge in [-0.1, -0.05) is 35.9 Å². The minimum Gasteiger partial charge on any atom is -0.465 e. The zero-order valence-corrected chi connectivity index (χ0v) is 16.1. The van der Waals surface area contributed by atoms with Crippen LogP contribution in [0.15, 0.2) is 42.5 Å². The van der Waals surface area contributed by atoms with Gasteiger partial charge in [0.15, 0.2) is 11.5 Å². The van der Waals surface area contributed by atoms with E-state index in [9.17, 15) is 24.5 Å². The molecule has 0 fully saturated rings. The van der Waals surface area contributed by atoms with Gasteiger partial charge >= 0.3 is 5.97 Å². The van der Waals surface area contributed by atoms with Crippen LogP contribution in [0.3, 0.4) is 0 Å². The Morgan fingerprint density at radius 3 is 2.62 bits per heavy atom. The molecule has 2 unspecified atom stereocenters. The van der Waals surface area contributed by atoms with Crippen molar-refractivity contribution in [2.24, 2.45) is 5.92 Å². The molecule has 6 nitrogen and oxygen atoms in total. The third-order valence-corrected chi connectivity index (χ3v) is 5.21. The number of benzene rings is 2. The normalized spacial score (nSPS) is 18.5. The van der Waals surface area contributed by atoms with Crippen LogP contribution in [0.4, 0.5) is 4.39 Å². The highest BCUT2D eigenvalue weighted by atomic mass is 35.5. The van der Waals surface area contributed by atoms with E-state index >= 15 is 0 Å². The van der Waals surface area contributed by atoms with E-state index in [0.717, 1.165) is 4.90 Å². The number of fused-ring (bicyclic) bond motifs is 1. The van der Waals surface area contributed by atoms with Crippen LogP contribution in [0.2, 0.25) is 5.02 Å². The van der Waals surface area contributed by atoms with Crippen LogP contribution in [-0.2, 0) is 21.6 Å². The first kappa shape index (κ1) is 20.3. The van der Waals surface area contributed by atoms with Gasteiger partial charge in [0.1, 0.15) is 5.82 Å². The fourth-order valence-electron chi connectivity index (χ4n) is 3.53. The molecule has 0 spiro atoms. The molecule has 0 aromatic heterocycles. The van der Waals surface area contributed by atoms with E-state index in [4.69, 9.17) is 16.3 Å². The summed E-state index contributed by atoms with van der Waals surface area (Å²) in [5.74, 6) is -3.85. The fourth-order valence-corrected chi connectivity index (χ4v) is 3.75. The number of ether oxygens (including phenoxy) is 1. The van der Waals surface area contributed by atoms with Crippen molar-refractivity contribution in [3.63, 3.8) is 0 Å². The second kappa shape index (κ2) is 7.90. The van der Waals surface area contributed by atoms with Crippen molar-refractivity contribution in [2.45, 2.75) is 19.0 Å². The number of rotatable bonds is 5. The minimum absolute atomic E-state index is 0.00669. The van der Waals surface area contributed by atoms with Crippen LogP contribution >= 0.6 is 11.6 Å². The second-order valence-corrected chi connectivity index (χ2v) is 6.74. The lowest BCUT2D eigenvalue weighted by Gasteiger charge is -2.35. The number of carbonyl (C=O) groups excluding carboxylic acids is 2. The molecular weight excluding hydrogens is 397 g/mol. The smallest absolute Gasteiger partial charge is 0.327 e. The van der Waals surface area contributed by atoms with E-state index in [-0.39, 0.29) is 28.3 Å². The topological polar surface area (TPSA) is 94.2 Å². The van der Waals surface area contributed by atoms with Crippen molar-refractivity contribution >= 4 is 23.5 Å². The average molecular weight is 412 g/mol. The molecule has 29 heavy (non-hydrogen) atoms. The molecule has 2 aromatic carbocycles. The molecule has 2 aromatic rings. The molecule has 0 saturated heterocycles. The lowest BCUT2D eigenvalue weighted by molar-refractivity contribution is -0.149. The SMILES string of the molecule is CCOC(=O)C(C#N)C1(C#N)c2ccccc2C(=O)N1Cc1c(F)cccc1Cl. The number of amides is 1. The fraction of sp³-hybridized carbons (Fsp3) is 0.238. The summed E-state index contributed by atoms with van der Waals surface area (Å²) >= 11 is 6.11. The Morgan fingerprint density at radius 1 is 1.28 bits per heavy atom. The average Bonchev–Trinajstić information content (AvgIpc) is 2.95. The predicted molar refractivity (Wildman–Crippen MR) is 101 cm³/mol. The molecule has 0 saturated carbocycles. The maximum Gasteiger partial charge on any atom is 0.327 e. The molecule has 1 aliphatic heterocycles. The molecule has 146 valence electrons. The zero-order valence-electron chi connectivity index (χ0n) is 15.4. The second-order valence-electron chi connectivity index (χ2n) is 6.33. The van der Waals surface area contributed by atoms with E-state index in [1.165, 1.54) is 30.3 Å². The summed E-state index contributed by atoms with van der Waals surface area (Å²) in [7, 11) is 0. The lowest BCUT2D eigenvalue weighted by atomic mass is 9.79. The quantitative estimate of drug-likeness (QED) is 0.701. The molecule has 8 heteroatoms. The first-order valence-electron chi connectivity index (χ1n) is 8.74. The Hall–Kier alpha value is -3.42. The van der Waals surface area contributed by atoms with Crippen molar-refractivity contribution in [1.29, 1.82) is 10.5 Å². The van der Waals surface area contributed by atoms with Crippen LogP contribution in [0.5, 0.6) is 0 Å². The maximum atomic E-state index is 14.4. The van der Waals surface area contributed by atoms with Gasteiger partial charge in [-0.15, -0.1) is 0 Å². The van der Waals surface area contributed by atoms with Crippen LogP contribution in [0, 0.1) is 34.4 Å². The first-order chi connectivity index (χ1) is 13.9. The molecule has 1 heterocycles. The van der Waals surface area contributed by atoms with Gasteiger partial charge in [-0.25, -0.2) is 4.39 Å². The number of carbonyl (C=O) groups is 2. The maximum absolute atomic E-state index is 14.4. The number of hydrogen-bond donors (Lipinski definition) is 0. The largest absolute Gasteiger partial charge is 0.465 e. The molecule has 0 radical (unpaired) electrons. The molecule has 0 N–H and O–H groups in total. The molecule has 0 bridgehead atoms. The van der Waals surface area contributed by atoms with Gasteiger partial charge in [0, 0.05) is 21.7 Å². The first-order valence-corrected chi connectivity index (χ1v) is 9.12. The lowest BCUT2D eigenvalue weighted by Crippen LogP contribution is -2.50. The van der Waals surface area contributed by atoms with E-state index in [2.05, 4.69) is 0 Å². The third-order valence-electron chi connectivity index (χ3n) is 4.86. The zero-order chi connectivity index (χ0) is 21.2. The van der Waals surface area contributed by atoms with E-state index < -0.39 is 35.7 Å². The van der Waals surface area contributed by atoms with Crippen molar-refractivity contribution in [3.05, 3.63) is 70.0 Å². The van der Waals surface area contributed by atoms with Gasteiger partial charge in [0.25, 0.3) is 5.91 Å². The number of hydrogen-bond acceptors (Lipinski definition) is 5. The van der Waals surface area contributed by atoms with Gasteiger partial charge in [0.2, 0.25) is 0 Å². The summed E-state index contributed by atoms with van der Waals surface area (Å²) in [5.41, 5.74) is -1.65. The Labute approximate surface area is 171 Å². The molecule has 1 amide bonds. The van der Waals surface area contributed by atoms with Crippen LogP contribution in [0.1, 0.15) is 28.4 Å². The number of esters is 1. The van der Waals surface area contributed by atoms with Crippen LogP contribution in [-0.4, -0.2) is 23.4 Å². The highest BCUT2D eigenvalue weighted by Crippen LogP contribution is 2.46. The third kappa shape index (κ3) is 3.10. The van der Waals surface area contributed by atoms with E-state index in [1.807, 2.05) is 12.1 Å². The highest BCUT2D eigenvalue weighted by molar-refractivity contribution is 6.31. The Kier molecular flexibility index (Phi) is 5.54. The Morgan fingerprint density at radius 2 is 2.00 bits per heavy atom. The van der Waals surface area contributed by atoms with Gasteiger partial charge < -0.3 is 9.64 Å². The number of halogens is 2. The summed E-state index contributed by atoms with van der Waals surface area (Å²) < 4.78 is 19.4. The summed E-state index contributed by atoms with van der Waals surface area (Å²) in [5, 5.41) is 20.0. The van der Waals surface area contributed by atoms with Crippen molar-refractivity contribution < 1.29 is 18.7 Å². The number of nitrogens with zero attached hydrogens (tertiary/aromatic N) is 3. The summed E-state index contributed by atoms with van der Waals surface area (Å²) in [6, 6.07) is 14.0. The van der Waals surface area contributed by atoms with Crippen molar-refractivity contribution in [2.75, 3.05) is 6.61 Å². The number of nitriles is 2. The summed E-state index contributed by atoms with van der Waals surface area (Å²) in [6.45, 7) is 1.16. The van der Waals surface area contributed by atoms with E-state index in [1.54, 1.807) is 19.1 Å². The summed E-state index contributed by atoms with van der Waals surface area (Å²) in [6.07, 6.45) is 0. The van der Waals surface area contributed by atoms with Crippen molar-refractivity contribution in [3.8, 4) is 12.1 Å². The molecule has 3 rings (SSSR count). The van der Waals surface area contributed by atoms with Gasteiger partial charge in [-0.05, 0) is 25.1 Å². The summed E-state index contributed by atoms with van der Waals surface area (Å²) in [4.78, 5) is 26.7. The Bertz CT molecular complexity index is 1060. The molecule has 2 atom stereocenters. The molecular formula is C21H15ClFN3O3. The standard InChI is InChI=1S/C21H15ClFN3O3/c1-2-29-20(28)16(10-24)21(12-25)15-7-4-3-6-13(15)19(27)26(21)11-14-17(22)8-5-9-18(14)23/h3-9,16H,2,11H2,1H3. The van der Waals surface area contributed by atoms with Gasteiger partial charge in [-0.3, -0.25) is 9.59 Å². The highest BCUT2D eigenvalue weighted by Gasteiger charge is 2.58. The predicted octanol–water partition coefficient (Wildman–Crippen LogP) is 3.56. The van der Waals surface area contributed by atoms with E-state index in [0.29, 0.717) is 0 Å². The van der Waals surface area contributed by atoms with Crippen molar-refractivity contribution in [1.82, 2.24) is 4.90 Å². The van der Waals surface area contributed by atoms with Crippen LogP contribution < -0.4 is 0 Å². The molecule has 0 aliphatic carbocycles. The van der Waals surface area contributed by atoms with Gasteiger partial charge in [-0.2, -0.15) is 10.5 Å². The minimum atomic E-state index is -1.99. The Balaban J connectivity index is 2.23. The van der Waals surface area contributed by atoms with Crippen LogP contribution in [0.25, 0.3) is 0 Å². The molecule has 1 aliphatic rings. The monoisotopic (exact) mass is 411 g/mol.